The van der Waals surface area contributed by atoms with Crippen LogP contribution in [-0.4, -0.2) is 63.2 Å². The van der Waals surface area contributed by atoms with E-state index in [1.807, 2.05) is 0 Å². The number of hydrazone groups is 1. The van der Waals surface area contributed by atoms with Gasteiger partial charge in [0.05, 0.1) is 34.5 Å². The van der Waals surface area contributed by atoms with Crippen molar-refractivity contribution < 1.29 is 27.1 Å². The molecule has 0 spiro atoms. The second-order valence-corrected chi connectivity index (χ2v) is 12.2. The topological polar surface area (TPSA) is 101 Å². The average molecular weight is 583 g/mol. The Kier molecular flexibility index (Phi) is 8.22. The van der Waals surface area contributed by atoms with Gasteiger partial charge in [0.25, 0.3) is 5.91 Å². The van der Waals surface area contributed by atoms with Crippen LogP contribution < -0.4 is 9.75 Å². The van der Waals surface area contributed by atoms with Gasteiger partial charge < -0.3 is 9.47 Å². The van der Waals surface area contributed by atoms with Crippen molar-refractivity contribution in [1.29, 1.82) is 0 Å². The number of fused-ring (bicyclic) bond motifs is 1. The maximum Gasteiger partial charge on any atom is 0.280 e. The number of likely N-dealkylation sites (N-methyl/N-ethyl adjacent to an activating group) is 1. The molecule has 0 saturated carbocycles. The second-order valence-electron chi connectivity index (χ2n) is 9.19. The minimum Gasteiger partial charge on any atom is -0.497 e. The highest BCUT2D eigenvalue weighted by atomic mass is 32.2. The number of methoxy groups -OCH3 is 1. The first kappa shape index (κ1) is 27.8. The maximum absolute atomic E-state index is 13.8. The summed E-state index contributed by atoms with van der Waals surface area (Å²) in [4.78, 5) is 18.2. The molecule has 1 aromatic heterocycles. The van der Waals surface area contributed by atoms with Crippen molar-refractivity contribution in [2.75, 3.05) is 32.3 Å². The quantitative estimate of drug-likeness (QED) is 0.205. The van der Waals surface area contributed by atoms with Crippen molar-refractivity contribution in [2.45, 2.75) is 23.8 Å². The first-order valence-corrected chi connectivity index (χ1v) is 14.8. The predicted octanol–water partition coefficient (Wildman–Crippen LogP) is 4.92. The molecule has 4 aromatic rings. The van der Waals surface area contributed by atoms with Crippen molar-refractivity contribution in [1.82, 2.24) is 9.29 Å². The van der Waals surface area contributed by atoms with Gasteiger partial charge in [-0.3, -0.25) is 4.79 Å². The summed E-state index contributed by atoms with van der Waals surface area (Å²) in [5.41, 5.74) is 1.44. The molecule has 1 atom stereocenters. The molecule has 1 aliphatic heterocycles. The summed E-state index contributed by atoms with van der Waals surface area (Å²) in [5.74, 6) is -0.265. The van der Waals surface area contributed by atoms with Crippen LogP contribution in [-0.2, 0) is 14.8 Å². The summed E-state index contributed by atoms with van der Waals surface area (Å²) in [7, 11) is -0.689. The molecule has 12 heteroatoms. The van der Waals surface area contributed by atoms with E-state index in [1.165, 1.54) is 60.0 Å². The Balaban J connectivity index is 1.43. The number of sulfonamides is 1. The number of aromatic nitrogens is 1. The van der Waals surface area contributed by atoms with Crippen LogP contribution in [0.4, 0.5) is 9.52 Å². The second kappa shape index (κ2) is 11.8. The van der Waals surface area contributed by atoms with Crippen LogP contribution in [0.3, 0.4) is 0 Å². The Morgan fingerprint density at radius 2 is 1.93 bits per heavy atom. The zero-order chi connectivity index (χ0) is 28.3. The molecule has 5 rings (SSSR count). The van der Waals surface area contributed by atoms with E-state index in [-0.39, 0.29) is 28.2 Å². The van der Waals surface area contributed by atoms with Crippen molar-refractivity contribution in [3.05, 3.63) is 83.7 Å². The number of rotatable bonds is 9. The molecular formula is C28H27FN4O5S2. The molecule has 1 amide bonds. The van der Waals surface area contributed by atoms with Crippen molar-refractivity contribution in [3.8, 4) is 5.75 Å². The first-order valence-electron chi connectivity index (χ1n) is 12.5. The Morgan fingerprint density at radius 3 is 2.60 bits per heavy atom. The lowest BCUT2D eigenvalue weighted by molar-refractivity contribution is 0.0978. The molecule has 9 nitrogen and oxygen atoms in total. The lowest BCUT2D eigenvalue weighted by Crippen LogP contribution is -2.34. The number of halogens is 1. The van der Waals surface area contributed by atoms with Crippen LogP contribution in [0.2, 0.25) is 0 Å². The Labute approximate surface area is 235 Å². The normalized spacial score (nSPS) is 15.8. The Hall–Kier alpha value is -3.71. The molecule has 0 N–H and O–H groups in total. The zero-order valence-electron chi connectivity index (χ0n) is 21.9. The monoisotopic (exact) mass is 582 g/mol. The number of anilines is 1. The lowest BCUT2D eigenvalue weighted by Gasteiger charge is -2.20. The Morgan fingerprint density at radius 1 is 1.18 bits per heavy atom. The van der Waals surface area contributed by atoms with Crippen LogP contribution in [0.1, 0.15) is 28.8 Å². The molecule has 1 aliphatic rings. The summed E-state index contributed by atoms with van der Waals surface area (Å²) >= 11 is 1.12. The lowest BCUT2D eigenvalue weighted by atomic mass is 10.2. The standard InChI is InChI=1S/C28H27FN4O5S2/c1-32(18-23-4-3-15-38-23)40(35,36)24-12-7-20(8-13-24)27(34)33(30-17-19-5-10-22(37-2)11-6-19)28-31-25-14-9-21(29)16-26(25)39-28/h5-14,16-17,23H,3-4,15,18H2,1-2H3/b30-17+. The minimum absolute atomic E-state index is 0.0632. The van der Waals surface area contributed by atoms with Gasteiger partial charge >= 0.3 is 0 Å². The fourth-order valence-corrected chi connectivity index (χ4v) is 6.37. The molecule has 0 radical (unpaired) electrons. The fraction of sp³-hybridized carbons (Fsp3) is 0.250. The van der Waals surface area contributed by atoms with Gasteiger partial charge in [-0.25, -0.2) is 17.8 Å². The molecule has 3 aromatic carbocycles. The summed E-state index contributed by atoms with van der Waals surface area (Å²) < 4.78 is 52.6. The minimum atomic E-state index is -3.77. The summed E-state index contributed by atoms with van der Waals surface area (Å²) in [6, 6.07) is 17.0. The first-order chi connectivity index (χ1) is 19.2. The van der Waals surface area contributed by atoms with Crippen LogP contribution >= 0.6 is 11.3 Å². The third-order valence-corrected chi connectivity index (χ3v) is 9.28. The van der Waals surface area contributed by atoms with E-state index in [0.717, 1.165) is 29.2 Å². The number of carbonyl (C=O) groups excluding carboxylic acids is 1. The summed E-state index contributed by atoms with van der Waals surface area (Å²) in [6.07, 6.45) is 3.11. The van der Waals surface area contributed by atoms with Gasteiger partial charge in [-0.05, 0) is 85.1 Å². The number of carbonyl (C=O) groups is 1. The van der Waals surface area contributed by atoms with Crippen LogP contribution in [0.25, 0.3) is 10.2 Å². The van der Waals surface area contributed by atoms with Crippen molar-refractivity contribution >= 4 is 48.8 Å². The summed E-state index contributed by atoms with van der Waals surface area (Å²) in [5, 5.41) is 5.77. The molecule has 208 valence electrons. The van der Waals surface area contributed by atoms with Crippen LogP contribution in [0.5, 0.6) is 5.75 Å². The highest BCUT2D eigenvalue weighted by Crippen LogP contribution is 2.31. The zero-order valence-corrected chi connectivity index (χ0v) is 23.5. The third-order valence-electron chi connectivity index (χ3n) is 6.45. The maximum atomic E-state index is 13.8. The smallest absolute Gasteiger partial charge is 0.280 e. The number of hydrogen-bond acceptors (Lipinski definition) is 8. The SMILES string of the molecule is COc1ccc(/C=N/N(C(=O)c2ccc(S(=O)(=O)N(C)CC3CCCO3)cc2)c2nc3ccc(F)cc3s2)cc1. The average Bonchev–Trinajstić information content (AvgIpc) is 3.63. The Bertz CT molecular complexity index is 1630. The van der Waals surface area contributed by atoms with Gasteiger partial charge in [0.15, 0.2) is 0 Å². The molecule has 1 saturated heterocycles. The van der Waals surface area contributed by atoms with Crippen LogP contribution in [0.15, 0.2) is 76.7 Å². The van der Waals surface area contributed by atoms with E-state index < -0.39 is 21.7 Å². The molecule has 1 fully saturated rings. The van der Waals surface area contributed by atoms with Gasteiger partial charge in [-0.1, -0.05) is 11.3 Å². The largest absolute Gasteiger partial charge is 0.497 e. The fourth-order valence-electron chi connectivity index (χ4n) is 4.22. The number of hydrogen-bond donors (Lipinski definition) is 0. The number of amides is 1. The van der Waals surface area contributed by atoms with E-state index in [1.54, 1.807) is 31.4 Å². The molecule has 0 bridgehead atoms. The number of nitrogens with zero attached hydrogens (tertiary/aromatic N) is 4. The molecule has 40 heavy (non-hydrogen) atoms. The number of thiazole rings is 1. The van der Waals surface area contributed by atoms with E-state index in [4.69, 9.17) is 9.47 Å². The van der Waals surface area contributed by atoms with E-state index in [2.05, 4.69) is 10.1 Å². The van der Waals surface area contributed by atoms with Gasteiger partial charge in [-0.2, -0.15) is 14.4 Å². The molecule has 1 unspecified atom stereocenters. The van der Waals surface area contributed by atoms with Gasteiger partial charge in [0.2, 0.25) is 15.2 Å². The van der Waals surface area contributed by atoms with Crippen molar-refractivity contribution in [3.63, 3.8) is 0 Å². The summed E-state index contributed by atoms with van der Waals surface area (Å²) in [6.45, 7) is 0.894. The highest BCUT2D eigenvalue weighted by Gasteiger charge is 2.27. The van der Waals surface area contributed by atoms with Gasteiger partial charge in [-0.15, -0.1) is 0 Å². The van der Waals surface area contributed by atoms with Crippen molar-refractivity contribution in [2.24, 2.45) is 5.10 Å². The molecular weight excluding hydrogens is 555 g/mol. The van der Waals surface area contributed by atoms with Gasteiger partial charge in [0.1, 0.15) is 11.6 Å². The van der Waals surface area contributed by atoms with Crippen LogP contribution in [0, 0.1) is 5.82 Å². The molecule has 0 aliphatic carbocycles. The third kappa shape index (κ3) is 6.04. The van der Waals surface area contributed by atoms with E-state index in [9.17, 15) is 17.6 Å². The highest BCUT2D eigenvalue weighted by molar-refractivity contribution is 7.89. The number of benzene rings is 3. The van der Waals surface area contributed by atoms with Gasteiger partial charge in [0, 0.05) is 25.8 Å². The molecule has 2 heterocycles. The van der Waals surface area contributed by atoms with E-state index in [0.29, 0.717) is 28.1 Å². The predicted molar refractivity (Wildman–Crippen MR) is 152 cm³/mol. The van der Waals surface area contributed by atoms with E-state index >= 15 is 0 Å². The number of ether oxygens (including phenoxy) is 2.